The van der Waals surface area contributed by atoms with Crippen LogP contribution in [0.15, 0.2) is 36.0 Å². The maximum absolute atomic E-state index is 12.1. The molecule has 0 spiro atoms. The van der Waals surface area contributed by atoms with Crippen LogP contribution in [0.1, 0.15) is 53.5 Å². The molecule has 100 valence electrons. The number of carbonyl (C=O) groups is 1. The van der Waals surface area contributed by atoms with Crippen LogP contribution in [0.25, 0.3) is 0 Å². The van der Waals surface area contributed by atoms with Crippen molar-refractivity contribution < 1.29 is 4.79 Å². The fraction of sp³-hybridized carbons (Fsp3) is 0.333. The van der Waals surface area contributed by atoms with E-state index >= 15 is 0 Å². The number of rotatable bonds is 4. The summed E-state index contributed by atoms with van der Waals surface area (Å²) < 4.78 is 0. The van der Waals surface area contributed by atoms with Crippen molar-refractivity contribution in [3.05, 3.63) is 52.0 Å². The zero-order valence-corrected chi connectivity index (χ0v) is 12.2. The van der Waals surface area contributed by atoms with Crippen molar-refractivity contribution in [2.24, 2.45) is 0 Å². The summed E-state index contributed by atoms with van der Waals surface area (Å²) in [5.41, 5.74) is 1.80. The smallest absolute Gasteiger partial charge is 0.252 e. The molecule has 0 saturated heterocycles. The van der Waals surface area contributed by atoms with Gasteiger partial charge in [-0.3, -0.25) is 9.78 Å². The van der Waals surface area contributed by atoms with Crippen LogP contribution in [-0.4, -0.2) is 10.9 Å². The summed E-state index contributed by atoms with van der Waals surface area (Å²) in [4.78, 5) is 17.4. The normalized spacial score (nSPS) is 12.4. The lowest BCUT2D eigenvalue weighted by Gasteiger charge is -2.13. The first-order valence-corrected chi connectivity index (χ1v) is 7.25. The highest BCUT2D eigenvalue weighted by Crippen LogP contribution is 2.23. The van der Waals surface area contributed by atoms with Crippen LogP contribution in [0.4, 0.5) is 0 Å². The molecule has 0 aliphatic rings. The molecule has 0 aliphatic carbocycles. The van der Waals surface area contributed by atoms with Crippen LogP contribution < -0.4 is 5.32 Å². The Labute approximate surface area is 117 Å². The molecule has 0 aromatic carbocycles. The maximum Gasteiger partial charge on any atom is 0.252 e. The van der Waals surface area contributed by atoms with E-state index < -0.39 is 0 Å². The topological polar surface area (TPSA) is 42.0 Å². The van der Waals surface area contributed by atoms with Crippen LogP contribution in [0.3, 0.4) is 0 Å². The molecule has 2 aromatic heterocycles. The monoisotopic (exact) mass is 274 g/mol. The molecule has 0 radical (unpaired) electrons. The molecule has 0 bridgehead atoms. The number of nitrogens with one attached hydrogen (secondary N) is 1. The van der Waals surface area contributed by atoms with Crippen molar-refractivity contribution in [3.8, 4) is 0 Å². The second-order valence-electron chi connectivity index (χ2n) is 4.87. The SMILES string of the molecule is CC(C)c1cc(C(=O)N[C@H](C)c2ccncc2)cs1. The minimum Gasteiger partial charge on any atom is -0.345 e. The summed E-state index contributed by atoms with van der Waals surface area (Å²) in [6.07, 6.45) is 3.47. The molecule has 1 amide bonds. The summed E-state index contributed by atoms with van der Waals surface area (Å²) in [6.45, 7) is 6.24. The van der Waals surface area contributed by atoms with Crippen LogP contribution in [-0.2, 0) is 0 Å². The second kappa shape index (κ2) is 5.97. The highest BCUT2D eigenvalue weighted by Gasteiger charge is 2.13. The first kappa shape index (κ1) is 13.7. The minimum absolute atomic E-state index is 0.0158. The van der Waals surface area contributed by atoms with Gasteiger partial charge in [-0.05, 0) is 36.6 Å². The maximum atomic E-state index is 12.1. The average molecular weight is 274 g/mol. The highest BCUT2D eigenvalue weighted by atomic mass is 32.1. The molecular formula is C15H18N2OS. The molecule has 3 nitrogen and oxygen atoms in total. The summed E-state index contributed by atoms with van der Waals surface area (Å²) in [6, 6.07) is 5.79. The predicted octanol–water partition coefficient (Wildman–Crippen LogP) is 3.76. The van der Waals surface area contributed by atoms with E-state index in [1.54, 1.807) is 23.7 Å². The molecule has 0 saturated carbocycles. The van der Waals surface area contributed by atoms with Gasteiger partial charge in [0.05, 0.1) is 11.6 Å². The van der Waals surface area contributed by atoms with E-state index in [0.29, 0.717) is 5.92 Å². The Morgan fingerprint density at radius 3 is 2.53 bits per heavy atom. The van der Waals surface area contributed by atoms with Gasteiger partial charge in [-0.2, -0.15) is 0 Å². The van der Waals surface area contributed by atoms with Crippen molar-refractivity contribution in [3.63, 3.8) is 0 Å². The van der Waals surface area contributed by atoms with Gasteiger partial charge in [-0.1, -0.05) is 13.8 Å². The van der Waals surface area contributed by atoms with Crippen LogP contribution in [0, 0.1) is 0 Å². The van der Waals surface area contributed by atoms with E-state index in [1.807, 2.05) is 30.5 Å². The minimum atomic E-state index is -0.0209. The number of amides is 1. The van der Waals surface area contributed by atoms with Crippen molar-refractivity contribution >= 4 is 17.2 Å². The molecule has 19 heavy (non-hydrogen) atoms. The second-order valence-corrected chi connectivity index (χ2v) is 5.81. The summed E-state index contributed by atoms with van der Waals surface area (Å²) in [5.74, 6) is 0.441. The van der Waals surface area contributed by atoms with E-state index in [0.717, 1.165) is 11.1 Å². The van der Waals surface area contributed by atoms with E-state index in [4.69, 9.17) is 0 Å². The van der Waals surface area contributed by atoms with Crippen molar-refractivity contribution in [2.45, 2.75) is 32.7 Å². The number of pyridine rings is 1. The standard InChI is InChI=1S/C15H18N2OS/c1-10(2)14-8-13(9-19-14)15(18)17-11(3)12-4-6-16-7-5-12/h4-11H,1-3H3,(H,17,18)/t11-/m1/s1. The van der Waals surface area contributed by atoms with Gasteiger partial charge in [0.2, 0.25) is 0 Å². The van der Waals surface area contributed by atoms with Gasteiger partial charge in [0, 0.05) is 22.7 Å². The first-order valence-electron chi connectivity index (χ1n) is 6.37. The van der Waals surface area contributed by atoms with E-state index in [1.165, 1.54) is 4.88 Å². The Hall–Kier alpha value is -1.68. The first-order chi connectivity index (χ1) is 9.08. The van der Waals surface area contributed by atoms with E-state index in [-0.39, 0.29) is 11.9 Å². The van der Waals surface area contributed by atoms with Gasteiger partial charge in [-0.15, -0.1) is 11.3 Å². The molecule has 0 fully saturated rings. The number of hydrogen-bond donors (Lipinski definition) is 1. The summed E-state index contributed by atoms with van der Waals surface area (Å²) in [5, 5.41) is 4.93. The molecule has 4 heteroatoms. The number of aromatic nitrogens is 1. The van der Waals surface area contributed by atoms with Crippen LogP contribution in [0.5, 0.6) is 0 Å². The lowest BCUT2D eigenvalue weighted by molar-refractivity contribution is 0.0940. The third-order valence-electron chi connectivity index (χ3n) is 3.00. The Kier molecular flexibility index (Phi) is 4.32. The van der Waals surface area contributed by atoms with Crippen molar-refractivity contribution in [1.82, 2.24) is 10.3 Å². The van der Waals surface area contributed by atoms with Gasteiger partial charge in [0.1, 0.15) is 0 Å². The van der Waals surface area contributed by atoms with Gasteiger partial charge >= 0.3 is 0 Å². The Balaban J connectivity index is 2.04. The van der Waals surface area contributed by atoms with Gasteiger partial charge in [0.25, 0.3) is 5.91 Å². The predicted molar refractivity (Wildman–Crippen MR) is 78.5 cm³/mol. The van der Waals surface area contributed by atoms with E-state index in [9.17, 15) is 4.79 Å². The lowest BCUT2D eigenvalue weighted by Crippen LogP contribution is -2.26. The molecule has 0 unspecified atom stereocenters. The lowest BCUT2D eigenvalue weighted by atomic mass is 10.1. The van der Waals surface area contributed by atoms with Crippen LogP contribution >= 0.6 is 11.3 Å². The Morgan fingerprint density at radius 1 is 1.26 bits per heavy atom. The number of carbonyl (C=O) groups excluding carboxylic acids is 1. The largest absolute Gasteiger partial charge is 0.345 e. The molecule has 1 N–H and O–H groups in total. The Morgan fingerprint density at radius 2 is 1.95 bits per heavy atom. The number of hydrogen-bond acceptors (Lipinski definition) is 3. The molecule has 2 rings (SSSR count). The molecule has 2 aromatic rings. The van der Waals surface area contributed by atoms with Gasteiger partial charge in [-0.25, -0.2) is 0 Å². The summed E-state index contributed by atoms with van der Waals surface area (Å²) in [7, 11) is 0. The third kappa shape index (κ3) is 3.41. The highest BCUT2D eigenvalue weighted by molar-refractivity contribution is 7.10. The molecule has 1 atom stereocenters. The fourth-order valence-corrected chi connectivity index (χ4v) is 2.70. The van der Waals surface area contributed by atoms with Crippen molar-refractivity contribution in [2.75, 3.05) is 0 Å². The van der Waals surface area contributed by atoms with Crippen molar-refractivity contribution in [1.29, 1.82) is 0 Å². The zero-order chi connectivity index (χ0) is 13.8. The van der Waals surface area contributed by atoms with Gasteiger partial charge < -0.3 is 5.32 Å². The number of thiophene rings is 1. The number of nitrogens with zero attached hydrogens (tertiary/aromatic N) is 1. The quantitative estimate of drug-likeness (QED) is 0.922. The van der Waals surface area contributed by atoms with E-state index in [2.05, 4.69) is 24.1 Å². The van der Waals surface area contributed by atoms with Crippen LogP contribution in [0.2, 0.25) is 0 Å². The van der Waals surface area contributed by atoms with Gasteiger partial charge in [0.15, 0.2) is 0 Å². The summed E-state index contributed by atoms with van der Waals surface area (Å²) >= 11 is 1.64. The fourth-order valence-electron chi connectivity index (χ4n) is 1.79. The molecule has 0 aliphatic heterocycles. The Bertz CT molecular complexity index is 548. The molecular weight excluding hydrogens is 256 g/mol. The zero-order valence-electron chi connectivity index (χ0n) is 11.4. The average Bonchev–Trinajstić information content (AvgIpc) is 2.89. The third-order valence-corrected chi connectivity index (χ3v) is 4.24. The molecule has 2 heterocycles.